The number of hydrogen-bond acceptors (Lipinski definition) is 4. The van der Waals surface area contributed by atoms with Crippen LogP contribution in [0, 0.1) is 5.82 Å². The molecule has 1 amide bonds. The van der Waals surface area contributed by atoms with Gasteiger partial charge in [0.2, 0.25) is 12.0 Å². The number of carbonyl (C=O) groups excluding carboxylic acids is 1. The molecular weight excluding hydrogens is 470 g/mol. The maximum absolute atomic E-state index is 14.9. The number of alkyl halides is 5. The molecule has 0 spiro atoms. The van der Waals surface area contributed by atoms with Crippen LogP contribution in [0.1, 0.15) is 20.8 Å². The van der Waals surface area contributed by atoms with Gasteiger partial charge >= 0.3 is 23.9 Å². The van der Waals surface area contributed by atoms with Gasteiger partial charge in [0.15, 0.2) is 0 Å². The highest BCUT2D eigenvalue weighted by atomic mass is 19.4. The highest BCUT2D eigenvalue weighted by molar-refractivity contribution is 5.87. The molecule has 34 heavy (non-hydrogen) atoms. The van der Waals surface area contributed by atoms with Gasteiger partial charge in [-0.05, 0) is 32.9 Å². The van der Waals surface area contributed by atoms with Gasteiger partial charge in [0.1, 0.15) is 17.0 Å². The van der Waals surface area contributed by atoms with E-state index in [0.717, 1.165) is 29.6 Å². The van der Waals surface area contributed by atoms with Crippen LogP contribution in [0.5, 0.6) is 0 Å². The number of amides is 1. The van der Waals surface area contributed by atoms with E-state index in [0.29, 0.717) is 9.30 Å². The molecule has 0 aromatic carbocycles. The van der Waals surface area contributed by atoms with Crippen LogP contribution in [0.15, 0.2) is 36.8 Å². The van der Waals surface area contributed by atoms with Crippen molar-refractivity contribution in [2.45, 2.75) is 45.0 Å². The molecule has 0 unspecified atom stereocenters. The Bertz CT molecular complexity index is 1210. The zero-order valence-electron chi connectivity index (χ0n) is 18.5. The smallest absolute Gasteiger partial charge is 0.443 e. The minimum Gasteiger partial charge on any atom is -0.443 e. The monoisotopic (exact) mass is 491 g/mol. The van der Waals surface area contributed by atoms with Gasteiger partial charge in [-0.25, -0.2) is 9.78 Å². The summed E-state index contributed by atoms with van der Waals surface area (Å²) in [5.74, 6) is -5.95. The number of hydrogen-bond donors (Lipinski definition) is 1. The SMILES string of the molecule is CN(C(=O)OC(C)(C)C)c1cc(F)c(-c2cc3ccn(CC(F)(F)C(F)(F)F)c3cn2)[n+](O)c1. The van der Waals surface area contributed by atoms with Crippen LogP contribution >= 0.6 is 0 Å². The van der Waals surface area contributed by atoms with Crippen molar-refractivity contribution in [1.29, 1.82) is 0 Å². The molecule has 0 bridgehead atoms. The predicted molar refractivity (Wildman–Crippen MR) is 108 cm³/mol. The summed E-state index contributed by atoms with van der Waals surface area (Å²) in [6.45, 7) is 3.29. The maximum atomic E-state index is 14.9. The second-order valence-electron chi connectivity index (χ2n) is 8.55. The molecule has 0 aliphatic carbocycles. The highest BCUT2D eigenvalue weighted by Gasteiger charge is 2.57. The van der Waals surface area contributed by atoms with Gasteiger partial charge in [-0.15, -0.1) is 0 Å². The third kappa shape index (κ3) is 5.02. The van der Waals surface area contributed by atoms with Gasteiger partial charge in [0.25, 0.3) is 0 Å². The van der Waals surface area contributed by atoms with Crippen molar-refractivity contribution in [1.82, 2.24) is 9.55 Å². The van der Waals surface area contributed by atoms with Crippen molar-refractivity contribution in [3.05, 3.63) is 42.6 Å². The zero-order valence-corrected chi connectivity index (χ0v) is 18.5. The Hall–Kier alpha value is -3.51. The molecule has 0 aliphatic rings. The first kappa shape index (κ1) is 25.1. The molecule has 0 radical (unpaired) electrons. The van der Waals surface area contributed by atoms with Gasteiger partial charge in [0, 0.05) is 29.4 Å². The number of rotatable bonds is 4. The first-order valence-corrected chi connectivity index (χ1v) is 9.81. The van der Waals surface area contributed by atoms with Crippen molar-refractivity contribution >= 4 is 22.7 Å². The van der Waals surface area contributed by atoms with E-state index in [2.05, 4.69) is 4.98 Å². The number of ether oxygens (including phenoxy) is 1. The molecular formula is C21H21F6N4O3+. The number of fused-ring (bicyclic) bond motifs is 1. The third-order valence-electron chi connectivity index (χ3n) is 4.72. The number of anilines is 1. The van der Waals surface area contributed by atoms with Crippen LogP contribution in [-0.2, 0) is 11.3 Å². The maximum Gasteiger partial charge on any atom is 0.455 e. The summed E-state index contributed by atoms with van der Waals surface area (Å²) in [6, 6.07) is 3.43. The molecule has 0 saturated heterocycles. The minimum atomic E-state index is -5.73. The van der Waals surface area contributed by atoms with E-state index >= 15 is 0 Å². The molecule has 0 atom stereocenters. The standard InChI is InChI=1S/C21H21F6N4O3/c1-19(2,3)34-18(32)29(4)13-8-14(22)17(31(33)10-13)15-7-12-5-6-30(16(12)9-28-15)11-20(23,24)21(25,26)27/h5-10,33H,11H2,1-4H3/q+1. The van der Waals surface area contributed by atoms with Crippen LogP contribution in [0.2, 0.25) is 0 Å². The van der Waals surface area contributed by atoms with Gasteiger partial charge in [-0.1, -0.05) is 0 Å². The number of nitrogens with zero attached hydrogens (tertiary/aromatic N) is 4. The molecule has 13 heteroatoms. The molecule has 1 N–H and O–H groups in total. The summed E-state index contributed by atoms with van der Waals surface area (Å²) < 4.78 is 85.6. The molecule has 0 saturated carbocycles. The summed E-state index contributed by atoms with van der Waals surface area (Å²) in [6.07, 6.45) is -3.47. The molecule has 3 rings (SSSR count). The molecule has 0 aliphatic heterocycles. The van der Waals surface area contributed by atoms with E-state index in [4.69, 9.17) is 4.74 Å². The lowest BCUT2D eigenvalue weighted by molar-refractivity contribution is -0.896. The van der Waals surface area contributed by atoms with Gasteiger partial charge < -0.3 is 9.30 Å². The fraction of sp³-hybridized carbons (Fsp3) is 0.381. The van der Waals surface area contributed by atoms with Gasteiger partial charge in [-0.2, -0.15) is 26.3 Å². The number of pyridine rings is 2. The number of carbonyl (C=O) groups is 1. The van der Waals surface area contributed by atoms with Crippen LogP contribution < -0.4 is 9.63 Å². The van der Waals surface area contributed by atoms with Crippen LogP contribution in [0.3, 0.4) is 0 Å². The summed E-state index contributed by atoms with van der Waals surface area (Å²) in [7, 11) is 1.31. The quantitative estimate of drug-likeness (QED) is 0.319. The fourth-order valence-corrected chi connectivity index (χ4v) is 3.05. The van der Waals surface area contributed by atoms with Gasteiger partial charge in [-0.3, -0.25) is 10.1 Å². The number of aromatic nitrogens is 3. The lowest BCUT2D eigenvalue weighted by atomic mass is 10.2. The lowest BCUT2D eigenvalue weighted by Crippen LogP contribution is -2.40. The van der Waals surface area contributed by atoms with E-state index < -0.39 is 41.8 Å². The largest absolute Gasteiger partial charge is 0.455 e. The minimum absolute atomic E-state index is 0.0420. The Morgan fingerprint density at radius 3 is 2.41 bits per heavy atom. The van der Waals surface area contributed by atoms with Crippen LogP contribution in [0.4, 0.5) is 36.8 Å². The van der Waals surface area contributed by atoms with E-state index in [9.17, 15) is 36.3 Å². The van der Waals surface area contributed by atoms with E-state index in [-0.39, 0.29) is 22.3 Å². The molecule has 3 heterocycles. The first-order chi connectivity index (χ1) is 15.5. The summed E-state index contributed by atoms with van der Waals surface area (Å²) in [5, 5.41) is 10.5. The van der Waals surface area contributed by atoms with Crippen molar-refractivity contribution in [3.8, 4) is 11.4 Å². The Balaban J connectivity index is 1.94. The normalized spacial score (nSPS) is 12.8. The Labute approximate surface area is 189 Å². The average molecular weight is 491 g/mol. The Morgan fingerprint density at radius 1 is 1.21 bits per heavy atom. The molecule has 184 valence electrons. The second-order valence-corrected chi connectivity index (χ2v) is 8.55. The Kier molecular flexibility index (Phi) is 6.18. The summed E-state index contributed by atoms with van der Waals surface area (Å²) >= 11 is 0. The van der Waals surface area contributed by atoms with E-state index in [1.54, 1.807) is 20.8 Å². The third-order valence-corrected chi connectivity index (χ3v) is 4.72. The summed E-state index contributed by atoms with van der Waals surface area (Å²) in [5.41, 5.74) is -1.44. The highest BCUT2D eigenvalue weighted by Crippen LogP contribution is 2.37. The molecule has 7 nitrogen and oxygen atoms in total. The topological polar surface area (TPSA) is 71.5 Å². The zero-order chi connectivity index (χ0) is 25.6. The van der Waals surface area contributed by atoms with E-state index in [1.165, 1.54) is 19.2 Å². The molecule has 3 aromatic heterocycles. The average Bonchev–Trinajstić information content (AvgIpc) is 3.06. The van der Waals surface area contributed by atoms with Crippen molar-refractivity contribution in [2.24, 2.45) is 0 Å². The van der Waals surface area contributed by atoms with Crippen molar-refractivity contribution in [3.63, 3.8) is 0 Å². The summed E-state index contributed by atoms with van der Waals surface area (Å²) in [4.78, 5) is 17.1. The predicted octanol–water partition coefficient (Wildman–Crippen LogP) is 4.94. The molecule has 0 fully saturated rings. The Morgan fingerprint density at radius 2 is 1.85 bits per heavy atom. The first-order valence-electron chi connectivity index (χ1n) is 9.81. The fourth-order valence-electron chi connectivity index (χ4n) is 3.05. The van der Waals surface area contributed by atoms with Crippen LogP contribution in [-0.4, -0.2) is 45.6 Å². The van der Waals surface area contributed by atoms with Gasteiger partial charge in [0.05, 0.1) is 18.3 Å². The van der Waals surface area contributed by atoms with E-state index in [1.807, 2.05) is 0 Å². The van der Waals surface area contributed by atoms with Crippen molar-refractivity contribution in [2.75, 3.05) is 11.9 Å². The van der Waals surface area contributed by atoms with Crippen molar-refractivity contribution < 1.29 is 45.8 Å². The second kappa shape index (κ2) is 8.37. The molecule has 3 aromatic rings. The van der Waals surface area contributed by atoms with Crippen LogP contribution in [0.25, 0.3) is 22.3 Å². The lowest BCUT2D eigenvalue weighted by Gasteiger charge is -2.23. The number of halogens is 6.